The molecule has 1 aromatic rings. The highest BCUT2D eigenvalue weighted by molar-refractivity contribution is 5.96. The van der Waals surface area contributed by atoms with Crippen molar-refractivity contribution in [2.45, 2.75) is 65.3 Å². The Kier molecular flexibility index (Phi) is 8.96. The largest absolute Gasteiger partial charge is 0.507 e. The van der Waals surface area contributed by atoms with Crippen molar-refractivity contribution < 1.29 is 57.5 Å². The van der Waals surface area contributed by atoms with Crippen LogP contribution in [-0.2, 0) is 42.9 Å². The molecule has 0 aliphatic carbocycles. The number of Topliss-reactive ketones (excluding diaryl/α,β-unsaturated/α-hetero) is 1. The first-order chi connectivity index (χ1) is 15.9. The second-order valence-corrected chi connectivity index (χ2v) is 7.42. The number of ether oxygens (including phenoxy) is 6. The molecule has 0 unspecified atom stereocenters. The third kappa shape index (κ3) is 7.17. The molecule has 0 spiro atoms. The van der Waals surface area contributed by atoms with Crippen LogP contribution in [0.15, 0.2) is 18.2 Å². The predicted octanol–water partition coefficient (Wildman–Crippen LogP) is 1.06. The Morgan fingerprint density at radius 3 is 1.88 bits per heavy atom. The number of ketones is 1. The van der Waals surface area contributed by atoms with Crippen LogP contribution in [-0.4, -0.2) is 72.1 Å². The highest BCUT2D eigenvalue weighted by atomic mass is 16.7. The molecule has 1 saturated heterocycles. The smallest absolute Gasteiger partial charge is 0.303 e. The van der Waals surface area contributed by atoms with Crippen molar-refractivity contribution in [2.75, 3.05) is 6.61 Å². The molecule has 12 heteroatoms. The van der Waals surface area contributed by atoms with E-state index >= 15 is 0 Å². The van der Waals surface area contributed by atoms with Crippen molar-refractivity contribution in [3.63, 3.8) is 0 Å². The van der Waals surface area contributed by atoms with Crippen LogP contribution < -0.4 is 4.74 Å². The zero-order valence-electron chi connectivity index (χ0n) is 19.3. The number of phenols is 1. The average molecular weight is 482 g/mol. The first-order valence-electron chi connectivity index (χ1n) is 10.2. The Morgan fingerprint density at radius 1 is 0.824 bits per heavy atom. The van der Waals surface area contributed by atoms with Crippen LogP contribution in [0.5, 0.6) is 11.5 Å². The second kappa shape index (κ2) is 11.5. The third-order valence-electron chi connectivity index (χ3n) is 4.55. The first-order valence-corrected chi connectivity index (χ1v) is 10.2. The van der Waals surface area contributed by atoms with E-state index in [0.717, 1.165) is 33.8 Å². The average Bonchev–Trinajstić information content (AvgIpc) is 2.69. The quantitative estimate of drug-likeness (QED) is 0.319. The molecule has 12 nitrogen and oxygen atoms in total. The molecule has 0 saturated carbocycles. The van der Waals surface area contributed by atoms with Crippen LogP contribution in [0.2, 0.25) is 0 Å². The number of carbonyl (C=O) groups is 5. The van der Waals surface area contributed by atoms with Gasteiger partial charge >= 0.3 is 23.9 Å². The van der Waals surface area contributed by atoms with Gasteiger partial charge in [-0.05, 0) is 19.1 Å². The standard InChI is InChI=1S/C22H26O12/c1-10(23)16-7-6-15(8-17(16)28)33-22-21(32-14(5)27)20(31-13(4)26)19(30-12(3)25)18(34-22)9-29-11(2)24/h6-8,18-22,28H,9H2,1-5H3/t18-,19+,20+,21+,22+/m0/s1. The number of aromatic hydroxyl groups is 1. The number of hydrogen-bond acceptors (Lipinski definition) is 12. The molecule has 1 fully saturated rings. The minimum atomic E-state index is -1.46. The fraction of sp³-hybridized carbons (Fsp3) is 0.500. The van der Waals surface area contributed by atoms with Crippen LogP contribution in [0.25, 0.3) is 0 Å². The van der Waals surface area contributed by atoms with Crippen LogP contribution in [0.1, 0.15) is 45.0 Å². The second-order valence-electron chi connectivity index (χ2n) is 7.42. The molecule has 1 aliphatic rings. The lowest BCUT2D eigenvalue weighted by molar-refractivity contribution is -0.288. The maximum Gasteiger partial charge on any atom is 0.303 e. The number of esters is 4. The Balaban J connectivity index is 2.47. The molecule has 34 heavy (non-hydrogen) atoms. The number of carbonyl (C=O) groups excluding carboxylic acids is 5. The van der Waals surface area contributed by atoms with Crippen LogP contribution >= 0.6 is 0 Å². The summed E-state index contributed by atoms with van der Waals surface area (Å²) in [5.74, 6) is -3.71. The van der Waals surface area contributed by atoms with E-state index in [4.69, 9.17) is 28.4 Å². The van der Waals surface area contributed by atoms with E-state index in [1.54, 1.807) is 0 Å². The molecule has 0 amide bonds. The van der Waals surface area contributed by atoms with Gasteiger partial charge in [-0.3, -0.25) is 24.0 Å². The topological polar surface area (TPSA) is 161 Å². The van der Waals surface area contributed by atoms with Gasteiger partial charge in [0.15, 0.2) is 18.0 Å². The minimum Gasteiger partial charge on any atom is -0.507 e. The molecule has 1 heterocycles. The van der Waals surface area contributed by atoms with Crippen LogP contribution in [0.3, 0.4) is 0 Å². The van der Waals surface area contributed by atoms with Gasteiger partial charge in [0.2, 0.25) is 12.4 Å². The zero-order chi connectivity index (χ0) is 25.6. The molecule has 5 atom stereocenters. The molecular formula is C22H26O12. The van der Waals surface area contributed by atoms with E-state index in [1.807, 2.05) is 0 Å². The maximum absolute atomic E-state index is 11.8. The molecular weight excluding hydrogens is 456 g/mol. The van der Waals surface area contributed by atoms with Crippen molar-refractivity contribution in [3.8, 4) is 11.5 Å². The molecule has 0 radical (unpaired) electrons. The van der Waals surface area contributed by atoms with E-state index in [2.05, 4.69) is 0 Å². The van der Waals surface area contributed by atoms with Gasteiger partial charge in [0.1, 0.15) is 24.2 Å². The number of phenolic OH excluding ortho intramolecular Hbond substituents is 1. The van der Waals surface area contributed by atoms with Crippen molar-refractivity contribution in [1.82, 2.24) is 0 Å². The Morgan fingerprint density at radius 2 is 1.38 bits per heavy atom. The van der Waals surface area contributed by atoms with Gasteiger partial charge < -0.3 is 33.5 Å². The summed E-state index contributed by atoms with van der Waals surface area (Å²) in [7, 11) is 0. The lowest BCUT2D eigenvalue weighted by Gasteiger charge is -2.43. The number of rotatable bonds is 8. The van der Waals surface area contributed by atoms with E-state index in [9.17, 15) is 29.1 Å². The van der Waals surface area contributed by atoms with Gasteiger partial charge in [-0.25, -0.2) is 0 Å². The monoisotopic (exact) mass is 482 g/mol. The van der Waals surface area contributed by atoms with E-state index < -0.39 is 61.2 Å². The summed E-state index contributed by atoms with van der Waals surface area (Å²) in [5, 5.41) is 10.1. The summed E-state index contributed by atoms with van der Waals surface area (Å²) in [5.41, 5.74) is 0.0499. The Labute approximate surface area is 195 Å². The summed E-state index contributed by atoms with van der Waals surface area (Å²) in [4.78, 5) is 58.3. The van der Waals surface area contributed by atoms with Gasteiger partial charge in [0.25, 0.3) is 0 Å². The van der Waals surface area contributed by atoms with Gasteiger partial charge in [0.05, 0.1) is 5.56 Å². The molecule has 1 N–H and O–H groups in total. The third-order valence-corrected chi connectivity index (χ3v) is 4.55. The molecule has 0 bridgehead atoms. The molecule has 0 aromatic heterocycles. The highest BCUT2D eigenvalue weighted by Crippen LogP contribution is 2.32. The molecule has 186 valence electrons. The van der Waals surface area contributed by atoms with Crippen molar-refractivity contribution in [2.24, 2.45) is 0 Å². The number of hydrogen-bond donors (Lipinski definition) is 1. The van der Waals surface area contributed by atoms with Crippen molar-refractivity contribution in [1.29, 1.82) is 0 Å². The Bertz CT molecular complexity index is 955. The SMILES string of the molecule is CC(=O)OC[C@@H]1O[C@@H](Oc2ccc(C(C)=O)c(O)c2)[C@H](OC(C)=O)[C@H](OC(C)=O)[C@@H]1OC(C)=O. The van der Waals surface area contributed by atoms with Crippen molar-refractivity contribution >= 4 is 29.7 Å². The summed E-state index contributed by atoms with van der Waals surface area (Å²) in [6.45, 7) is 5.32. The van der Waals surface area contributed by atoms with Crippen LogP contribution in [0, 0.1) is 0 Å². The summed E-state index contributed by atoms with van der Waals surface area (Å²) in [6, 6.07) is 3.83. The van der Waals surface area contributed by atoms with Gasteiger partial charge in [-0.15, -0.1) is 0 Å². The normalized spacial score (nSPS) is 23.9. The fourth-order valence-corrected chi connectivity index (χ4v) is 3.30. The summed E-state index contributed by atoms with van der Waals surface area (Å²) < 4.78 is 32.4. The minimum absolute atomic E-state index is 0.0170. The van der Waals surface area contributed by atoms with Gasteiger partial charge in [-0.2, -0.15) is 0 Å². The fourth-order valence-electron chi connectivity index (χ4n) is 3.30. The lowest BCUT2D eigenvalue weighted by atomic mass is 9.98. The van der Waals surface area contributed by atoms with Crippen LogP contribution in [0.4, 0.5) is 0 Å². The maximum atomic E-state index is 11.8. The van der Waals surface area contributed by atoms with E-state index in [-0.39, 0.29) is 22.8 Å². The van der Waals surface area contributed by atoms with Gasteiger partial charge in [-0.1, -0.05) is 0 Å². The number of benzene rings is 1. The van der Waals surface area contributed by atoms with E-state index in [0.29, 0.717) is 0 Å². The molecule has 2 rings (SSSR count). The Hall–Kier alpha value is -3.67. The predicted molar refractivity (Wildman–Crippen MR) is 111 cm³/mol. The van der Waals surface area contributed by atoms with Gasteiger partial charge in [0, 0.05) is 33.8 Å². The van der Waals surface area contributed by atoms with Crippen molar-refractivity contribution in [3.05, 3.63) is 23.8 Å². The lowest BCUT2D eigenvalue weighted by Crippen LogP contribution is -2.63. The van der Waals surface area contributed by atoms with E-state index in [1.165, 1.54) is 19.1 Å². The summed E-state index contributed by atoms with van der Waals surface area (Å²) in [6.07, 6.45) is -6.77. The molecule has 1 aromatic carbocycles. The highest BCUT2D eigenvalue weighted by Gasteiger charge is 2.53. The molecule has 1 aliphatic heterocycles. The summed E-state index contributed by atoms with van der Waals surface area (Å²) >= 11 is 0. The first kappa shape index (κ1) is 26.6. The zero-order valence-corrected chi connectivity index (χ0v) is 19.3.